The molecular formula is C18H20N2O4. The number of fused-ring (bicyclic) bond motifs is 1. The maximum absolute atomic E-state index is 11.8. The third kappa shape index (κ3) is 3.71. The van der Waals surface area contributed by atoms with Crippen molar-refractivity contribution in [2.45, 2.75) is 26.9 Å². The van der Waals surface area contributed by atoms with E-state index in [1.807, 2.05) is 55.5 Å². The molecule has 3 rings (SSSR count). The summed E-state index contributed by atoms with van der Waals surface area (Å²) in [5, 5.41) is 0. The fourth-order valence-corrected chi connectivity index (χ4v) is 2.36. The van der Waals surface area contributed by atoms with Gasteiger partial charge in [-0.25, -0.2) is 4.79 Å². The Labute approximate surface area is 139 Å². The number of carbonyl (C=O) groups is 1. The molecule has 0 saturated carbocycles. The molecule has 0 N–H and O–H groups in total. The van der Waals surface area contributed by atoms with Crippen LogP contribution in [0.2, 0.25) is 0 Å². The average molecular weight is 328 g/mol. The van der Waals surface area contributed by atoms with Gasteiger partial charge in [-0.15, -0.1) is 0 Å². The number of nitrogens with zero attached hydrogens (tertiary/aromatic N) is 2. The molecule has 6 nitrogen and oxygen atoms in total. The van der Waals surface area contributed by atoms with Gasteiger partial charge < -0.3 is 9.26 Å². The summed E-state index contributed by atoms with van der Waals surface area (Å²) in [5.41, 5.74) is 3.54. The van der Waals surface area contributed by atoms with Crippen molar-refractivity contribution in [2.75, 3.05) is 6.61 Å². The predicted octanol–water partition coefficient (Wildman–Crippen LogP) is 3.67. The highest BCUT2D eigenvalue weighted by Crippen LogP contribution is 2.15. The largest absolute Gasteiger partial charge is 0.465 e. The highest BCUT2D eigenvalue weighted by molar-refractivity contribution is 5.74. The summed E-state index contributed by atoms with van der Waals surface area (Å²) >= 11 is 0. The van der Waals surface area contributed by atoms with Crippen molar-refractivity contribution in [3.63, 3.8) is 0 Å². The maximum atomic E-state index is 11.8. The van der Waals surface area contributed by atoms with Crippen LogP contribution in [0, 0.1) is 6.92 Å². The molecule has 0 aliphatic heterocycles. The van der Waals surface area contributed by atoms with Gasteiger partial charge in [-0.2, -0.15) is 4.74 Å². The number of ether oxygens (including phenoxy) is 1. The third-order valence-corrected chi connectivity index (χ3v) is 3.53. The first-order valence-electron chi connectivity index (χ1n) is 7.87. The summed E-state index contributed by atoms with van der Waals surface area (Å²) in [4.78, 5) is 13.2. The minimum atomic E-state index is -0.357. The van der Waals surface area contributed by atoms with E-state index in [9.17, 15) is 4.79 Å². The second-order valence-electron chi connectivity index (χ2n) is 5.46. The smallest absolute Gasteiger partial charge is 0.329 e. The zero-order valence-corrected chi connectivity index (χ0v) is 13.8. The third-order valence-electron chi connectivity index (χ3n) is 3.53. The molecule has 0 saturated heterocycles. The molecule has 0 spiro atoms. The molecule has 1 heterocycles. The molecule has 2 aromatic carbocycles. The van der Waals surface area contributed by atoms with Crippen LogP contribution in [0.25, 0.3) is 11.1 Å². The molecule has 6 heteroatoms. The lowest BCUT2D eigenvalue weighted by atomic mass is 10.2. The Bertz CT molecular complexity index is 863. The van der Waals surface area contributed by atoms with Crippen LogP contribution >= 0.6 is 0 Å². The minimum Gasteiger partial charge on any atom is -0.465 e. The van der Waals surface area contributed by atoms with E-state index < -0.39 is 0 Å². The van der Waals surface area contributed by atoms with Crippen LogP contribution in [-0.4, -0.2) is 22.2 Å². The molecule has 3 aromatic rings. The van der Waals surface area contributed by atoms with E-state index in [4.69, 9.17) is 13.9 Å². The van der Waals surface area contributed by atoms with Crippen LogP contribution in [0.15, 0.2) is 57.7 Å². The molecule has 0 aliphatic carbocycles. The average Bonchev–Trinajstić information content (AvgIpc) is 2.57. The van der Waals surface area contributed by atoms with Gasteiger partial charge in [0.15, 0.2) is 12.1 Å². The summed E-state index contributed by atoms with van der Waals surface area (Å²) in [7, 11) is 0. The van der Waals surface area contributed by atoms with Crippen LogP contribution in [0.3, 0.4) is 0 Å². The Balaban J connectivity index is 1.96. The van der Waals surface area contributed by atoms with Gasteiger partial charge in [0.1, 0.15) is 12.1 Å². The zero-order chi connectivity index (χ0) is 16.9. The van der Waals surface area contributed by atoms with Crippen molar-refractivity contribution in [1.29, 1.82) is 0 Å². The fraction of sp³-hybridized carbons (Fsp3) is 0.278. The molecular weight excluding hydrogens is 308 g/mol. The van der Waals surface area contributed by atoms with E-state index in [-0.39, 0.29) is 12.5 Å². The molecule has 0 unspecified atom stereocenters. The van der Waals surface area contributed by atoms with Gasteiger partial charge in [-0.05, 0) is 36.5 Å². The number of para-hydroxylation sites is 2. The van der Waals surface area contributed by atoms with Gasteiger partial charge in [0, 0.05) is 0 Å². The number of esters is 1. The number of aryl methyl sites for hydroxylation is 1. The van der Waals surface area contributed by atoms with Crippen molar-refractivity contribution >= 4 is 17.1 Å². The predicted molar refractivity (Wildman–Crippen MR) is 89.0 cm³/mol. The van der Waals surface area contributed by atoms with Crippen LogP contribution in [-0.2, 0) is 22.6 Å². The van der Waals surface area contributed by atoms with Crippen molar-refractivity contribution in [3.05, 3.63) is 59.7 Å². The van der Waals surface area contributed by atoms with Crippen LogP contribution in [0.1, 0.15) is 18.1 Å². The summed E-state index contributed by atoms with van der Waals surface area (Å²) < 4.78 is 17.9. The molecule has 126 valence electrons. The van der Waals surface area contributed by atoms with Gasteiger partial charge in [0.2, 0.25) is 0 Å². The second-order valence-corrected chi connectivity index (χ2v) is 5.46. The van der Waals surface area contributed by atoms with E-state index >= 15 is 0 Å². The molecule has 24 heavy (non-hydrogen) atoms. The minimum absolute atomic E-state index is 0.0153. The second kappa shape index (κ2) is 7.12. The van der Waals surface area contributed by atoms with Gasteiger partial charge in [-0.3, -0.25) is 4.63 Å². The van der Waals surface area contributed by atoms with Gasteiger partial charge in [-0.1, -0.05) is 42.0 Å². The van der Waals surface area contributed by atoms with Crippen LogP contribution in [0.4, 0.5) is 0 Å². The first-order valence-corrected chi connectivity index (χ1v) is 7.87. The van der Waals surface area contributed by atoms with Crippen molar-refractivity contribution in [3.8, 4) is 0 Å². The Morgan fingerprint density at radius 3 is 2.62 bits per heavy atom. The number of aromatic nitrogens is 2. The molecule has 0 aliphatic rings. The summed E-state index contributed by atoms with van der Waals surface area (Å²) in [6, 6.07) is 15.5. The summed E-state index contributed by atoms with van der Waals surface area (Å²) in [6.45, 7) is 4.55. The van der Waals surface area contributed by atoms with Crippen molar-refractivity contribution in [2.24, 2.45) is 0 Å². The zero-order valence-electron chi connectivity index (χ0n) is 13.8. The topological polar surface area (TPSA) is 62.4 Å². The number of rotatable bonds is 5. The van der Waals surface area contributed by atoms with Gasteiger partial charge in [0.05, 0.1) is 6.61 Å². The molecule has 0 radical (unpaired) electrons. The summed E-state index contributed by atoms with van der Waals surface area (Å²) in [6.07, 6.45) is 0. The van der Waals surface area contributed by atoms with Gasteiger partial charge >= 0.3 is 5.97 Å². The Morgan fingerprint density at radius 2 is 1.88 bits per heavy atom. The number of hydrogen-bond acceptors (Lipinski definition) is 4. The highest BCUT2D eigenvalue weighted by atomic mass is 16.8. The molecule has 0 fully saturated rings. The van der Waals surface area contributed by atoms with E-state index in [2.05, 4.69) is 0 Å². The van der Waals surface area contributed by atoms with Crippen LogP contribution < -0.4 is 0 Å². The molecule has 0 amide bonds. The van der Waals surface area contributed by atoms with Crippen LogP contribution in [0.5, 0.6) is 0 Å². The summed E-state index contributed by atoms with van der Waals surface area (Å²) in [5.74, 6) is -0.357. The van der Waals surface area contributed by atoms with E-state index in [0.29, 0.717) is 24.3 Å². The Morgan fingerprint density at radius 1 is 1.12 bits per heavy atom. The lowest BCUT2D eigenvalue weighted by Gasteiger charge is -2.12. The lowest BCUT2D eigenvalue weighted by molar-refractivity contribution is -0.146. The Hall–Kier alpha value is -2.89. The lowest BCUT2D eigenvalue weighted by Crippen LogP contribution is -2.16. The standard InChI is InChI=1S/C18H20N2O4/c1-3-22-18(21)13-19-16-6-4-5-7-17(16)23-20(24-19)12-15-10-8-14(2)9-11-15/h4-11H,3,12-13H2,1-2H3. The SMILES string of the molecule is CCOC(=O)Cn1on(Cc2ccc(C)cc2)oc2ccccc21. The van der Waals surface area contributed by atoms with Crippen molar-refractivity contribution in [1.82, 2.24) is 9.65 Å². The molecule has 0 atom stereocenters. The van der Waals surface area contributed by atoms with Crippen molar-refractivity contribution < 1.29 is 18.7 Å². The normalized spacial score (nSPS) is 10.8. The monoisotopic (exact) mass is 328 g/mol. The first-order chi connectivity index (χ1) is 11.7. The maximum Gasteiger partial charge on any atom is 0.329 e. The van der Waals surface area contributed by atoms with E-state index in [1.165, 1.54) is 15.2 Å². The molecule has 0 bridgehead atoms. The number of carbonyl (C=O) groups excluding carboxylic acids is 1. The van der Waals surface area contributed by atoms with E-state index in [0.717, 1.165) is 5.56 Å². The number of hydrogen-bond donors (Lipinski definition) is 0. The first kappa shape index (κ1) is 16.0. The highest BCUT2D eigenvalue weighted by Gasteiger charge is 2.11. The molecule has 1 aromatic heterocycles. The Kier molecular flexibility index (Phi) is 4.74. The fourth-order valence-electron chi connectivity index (χ4n) is 2.36. The number of benzene rings is 2. The van der Waals surface area contributed by atoms with Gasteiger partial charge in [0.25, 0.3) is 0 Å². The quantitative estimate of drug-likeness (QED) is 0.670. The van der Waals surface area contributed by atoms with E-state index in [1.54, 1.807) is 6.92 Å².